The van der Waals surface area contributed by atoms with E-state index in [0.29, 0.717) is 5.69 Å². The minimum Gasteiger partial charge on any atom is -0.322 e. The normalized spacial score (nSPS) is 11.2. The monoisotopic (exact) mass is 330 g/mol. The fourth-order valence-corrected chi connectivity index (χ4v) is 2.53. The summed E-state index contributed by atoms with van der Waals surface area (Å²) < 4.78 is 0. The number of carbonyl (C=O) groups excluding carboxylic acids is 2. The molecule has 0 spiro atoms. The van der Waals surface area contributed by atoms with Crippen LogP contribution in [-0.4, -0.2) is 11.8 Å². The second-order valence-electron chi connectivity index (χ2n) is 5.67. The third-order valence-corrected chi connectivity index (χ3v) is 3.67. The molecule has 0 bridgehead atoms. The predicted octanol–water partition coefficient (Wildman–Crippen LogP) is 3.96. The molecule has 0 saturated carbocycles. The highest BCUT2D eigenvalue weighted by Gasteiger charge is 2.12. The lowest BCUT2D eigenvalue weighted by molar-refractivity contribution is -0.120. The van der Waals surface area contributed by atoms with E-state index in [0.717, 1.165) is 16.3 Å². The Hall–Kier alpha value is -3.40. The smallest absolute Gasteiger partial charge is 0.272 e. The molecule has 2 N–H and O–H groups in total. The largest absolute Gasteiger partial charge is 0.322 e. The highest BCUT2D eigenvalue weighted by molar-refractivity contribution is 6.09. The lowest BCUT2D eigenvalue weighted by atomic mass is 10.1. The van der Waals surface area contributed by atoms with Crippen molar-refractivity contribution in [2.75, 3.05) is 5.32 Å². The number of benzene rings is 3. The molecule has 4 nitrogen and oxygen atoms in total. The Balaban J connectivity index is 1.86. The van der Waals surface area contributed by atoms with Crippen LogP contribution in [0, 0.1) is 0 Å². The van der Waals surface area contributed by atoms with E-state index in [9.17, 15) is 9.59 Å². The number of carbonyl (C=O) groups is 2. The number of hydrogen-bond acceptors (Lipinski definition) is 2. The first-order chi connectivity index (χ1) is 12.1. The van der Waals surface area contributed by atoms with Gasteiger partial charge in [0.1, 0.15) is 5.70 Å². The Labute approximate surface area is 146 Å². The molecule has 0 aromatic heterocycles. The molecule has 4 heteroatoms. The van der Waals surface area contributed by atoms with Crippen molar-refractivity contribution >= 4 is 34.4 Å². The summed E-state index contributed by atoms with van der Waals surface area (Å²) in [6.45, 7) is 1.38. The van der Waals surface area contributed by atoms with Gasteiger partial charge in [-0.3, -0.25) is 9.59 Å². The van der Waals surface area contributed by atoms with Gasteiger partial charge in [-0.2, -0.15) is 0 Å². The molecule has 0 aliphatic carbocycles. The maximum absolute atomic E-state index is 12.6. The Morgan fingerprint density at radius 2 is 1.52 bits per heavy atom. The summed E-state index contributed by atoms with van der Waals surface area (Å²) in [7, 11) is 0. The predicted molar refractivity (Wildman–Crippen MR) is 101 cm³/mol. The van der Waals surface area contributed by atoms with Crippen molar-refractivity contribution in [2.24, 2.45) is 0 Å². The molecule has 3 aromatic carbocycles. The lowest BCUT2D eigenvalue weighted by Gasteiger charge is -2.10. The number of hydrogen-bond donors (Lipinski definition) is 2. The fraction of sp³-hybridized carbons (Fsp3) is 0.0476. The van der Waals surface area contributed by atoms with Crippen LogP contribution in [0.2, 0.25) is 0 Å². The maximum Gasteiger partial charge on any atom is 0.272 e. The molecule has 0 saturated heterocycles. The molecule has 25 heavy (non-hydrogen) atoms. The van der Waals surface area contributed by atoms with Gasteiger partial charge < -0.3 is 10.6 Å². The molecule has 0 aliphatic rings. The van der Waals surface area contributed by atoms with Gasteiger partial charge in [0.05, 0.1) is 0 Å². The van der Waals surface area contributed by atoms with Crippen LogP contribution in [0.3, 0.4) is 0 Å². The van der Waals surface area contributed by atoms with Crippen molar-refractivity contribution in [1.29, 1.82) is 0 Å². The van der Waals surface area contributed by atoms with Crippen molar-refractivity contribution < 1.29 is 9.59 Å². The molecule has 3 aromatic rings. The molecule has 0 aliphatic heterocycles. The van der Waals surface area contributed by atoms with Crippen LogP contribution in [0.4, 0.5) is 5.69 Å². The highest BCUT2D eigenvalue weighted by Crippen LogP contribution is 2.19. The standard InChI is InChI=1S/C21H18N2O2/c1-15(24)22-20(13-16-7-3-2-4-8-16)21(25)23-19-12-11-17-9-5-6-10-18(17)14-19/h2-14H,1H3,(H,22,24)(H,23,25)/b20-13+. The highest BCUT2D eigenvalue weighted by atomic mass is 16.2. The molecule has 3 rings (SSSR count). The lowest BCUT2D eigenvalue weighted by Crippen LogP contribution is -2.28. The first-order valence-corrected chi connectivity index (χ1v) is 7.96. The van der Waals surface area contributed by atoms with Crippen molar-refractivity contribution in [1.82, 2.24) is 5.32 Å². The van der Waals surface area contributed by atoms with E-state index in [-0.39, 0.29) is 17.5 Å². The molecule has 0 unspecified atom stereocenters. The van der Waals surface area contributed by atoms with Gasteiger partial charge in [-0.25, -0.2) is 0 Å². The topological polar surface area (TPSA) is 58.2 Å². The van der Waals surface area contributed by atoms with Crippen molar-refractivity contribution in [3.8, 4) is 0 Å². The molecular weight excluding hydrogens is 312 g/mol. The van der Waals surface area contributed by atoms with E-state index in [1.165, 1.54) is 6.92 Å². The third kappa shape index (κ3) is 4.32. The van der Waals surface area contributed by atoms with E-state index in [1.54, 1.807) is 6.08 Å². The van der Waals surface area contributed by atoms with Gasteiger partial charge in [0.2, 0.25) is 5.91 Å². The van der Waals surface area contributed by atoms with Crippen molar-refractivity contribution in [2.45, 2.75) is 6.92 Å². The second-order valence-corrected chi connectivity index (χ2v) is 5.67. The molecule has 0 atom stereocenters. The molecule has 0 heterocycles. The zero-order valence-electron chi connectivity index (χ0n) is 13.8. The molecule has 2 amide bonds. The van der Waals surface area contributed by atoms with Gasteiger partial charge in [-0.1, -0.05) is 60.7 Å². The quantitative estimate of drug-likeness (QED) is 0.712. The van der Waals surface area contributed by atoms with Gasteiger partial charge in [0.15, 0.2) is 0 Å². The van der Waals surface area contributed by atoms with Gasteiger partial charge in [-0.05, 0) is 34.5 Å². The average Bonchev–Trinajstić information content (AvgIpc) is 2.61. The first-order valence-electron chi connectivity index (χ1n) is 7.96. The number of anilines is 1. The summed E-state index contributed by atoms with van der Waals surface area (Å²) in [5.41, 5.74) is 1.71. The Kier molecular flexibility index (Phi) is 4.90. The minimum absolute atomic E-state index is 0.201. The number of nitrogens with one attached hydrogen (secondary N) is 2. The Morgan fingerprint density at radius 1 is 0.840 bits per heavy atom. The summed E-state index contributed by atoms with van der Waals surface area (Å²) in [4.78, 5) is 24.0. The summed E-state index contributed by atoms with van der Waals surface area (Å²) >= 11 is 0. The van der Waals surface area contributed by atoms with Crippen LogP contribution in [0.15, 0.2) is 78.5 Å². The first kappa shape index (κ1) is 16.5. The summed E-state index contributed by atoms with van der Waals surface area (Å²) in [5.74, 6) is -0.662. The van der Waals surface area contributed by atoms with Crippen LogP contribution < -0.4 is 10.6 Å². The Bertz CT molecular complexity index is 946. The zero-order valence-corrected chi connectivity index (χ0v) is 13.8. The number of rotatable bonds is 4. The van der Waals surface area contributed by atoms with Crippen LogP contribution in [-0.2, 0) is 9.59 Å². The van der Waals surface area contributed by atoms with E-state index < -0.39 is 0 Å². The Morgan fingerprint density at radius 3 is 2.24 bits per heavy atom. The molecule has 124 valence electrons. The van der Waals surface area contributed by atoms with Gasteiger partial charge in [0, 0.05) is 12.6 Å². The van der Waals surface area contributed by atoms with Gasteiger partial charge in [0.25, 0.3) is 5.91 Å². The fourth-order valence-electron chi connectivity index (χ4n) is 2.53. The number of amides is 2. The van der Waals surface area contributed by atoms with Crippen molar-refractivity contribution in [3.63, 3.8) is 0 Å². The second kappa shape index (κ2) is 7.45. The maximum atomic E-state index is 12.6. The van der Waals surface area contributed by atoms with Crippen LogP contribution in [0.1, 0.15) is 12.5 Å². The molecule has 0 fully saturated rings. The van der Waals surface area contributed by atoms with Gasteiger partial charge >= 0.3 is 0 Å². The average molecular weight is 330 g/mol. The SMILES string of the molecule is CC(=O)N/C(=C/c1ccccc1)C(=O)Nc1ccc2ccccc2c1. The summed E-state index contributed by atoms with van der Waals surface area (Å²) in [5, 5.41) is 7.57. The van der Waals surface area contributed by atoms with Crippen LogP contribution in [0.25, 0.3) is 16.8 Å². The number of fused-ring (bicyclic) bond motifs is 1. The van der Waals surface area contributed by atoms with Gasteiger partial charge in [-0.15, -0.1) is 0 Å². The van der Waals surface area contributed by atoms with Crippen molar-refractivity contribution in [3.05, 3.63) is 84.1 Å². The van der Waals surface area contributed by atoms with E-state index >= 15 is 0 Å². The summed E-state index contributed by atoms with van der Waals surface area (Å²) in [6, 6.07) is 23.0. The third-order valence-electron chi connectivity index (χ3n) is 3.67. The molecule has 0 radical (unpaired) electrons. The van der Waals surface area contributed by atoms with E-state index in [4.69, 9.17) is 0 Å². The minimum atomic E-state index is -0.366. The van der Waals surface area contributed by atoms with E-state index in [2.05, 4.69) is 10.6 Å². The van der Waals surface area contributed by atoms with E-state index in [1.807, 2.05) is 72.8 Å². The van der Waals surface area contributed by atoms with Crippen LogP contribution in [0.5, 0.6) is 0 Å². The molecular formula is C21H18N2O2. The van der Waals surface area contributed by atoms with Crippen LogP contribution >= 0.6 is 0 Å². The zero-order chi connectivity index (χ0) is 17.6. The summed E-state index contributed by atoms with van der Waals surface area (Å²) in [6.07, 6.45) is 1.65.